The molecule has 1 heterocycles. The fraction of sp³-hybridized carbons (Fsp3) is 0.435. The summed E-state index contributed by atoms with van der Waals surface area (Å²) in [7, 11) is 0. The zero-order chi connectivity index (χ0) is 17.9. The lowest BCUT2D eigenvalue weighted by Crippen LogP contribution is -2.37. The van der Waals surface area contributed by atoms with Gasteiger partial charge in [0.2, 0.25) is 5.91 Å². The van der Waals surface area contributed by atoms with E-state index in [1.807, 2.05) is 18.2 Å². The molecule has 2 aliphatic rings. The van der Waals surface area contributed by atoms with E-state index in [4.69, 9.17) is 4.74 Å². The van der Waals surface area contributed by atoms with Crippen LogP contribution in [-0.4, -0.2) is 23.5 Å². The van der Waals surface area contributed by atoms with Crippen LogP contribution < -0.4 is 0 Å². The average molecular weight is 349 g/mol. The normalized spacial score (nSPS) is 27.7. The van der Waals surface area contributed by atoms with Crippen LogP contribution in [0, 0.1) is 11.8 Å². The van der Waals surface area contributed by atoms with Crippen LogP contribution in [0.15, 0.2) is 60.7 Å². The lowest BCUT2D eigenvalue weighted by molar-refractivity contribution is -0.131. The first-order valence-corrected chi connectivity index (χ1v) is 9.68. The van der Waals surface area contributed by atoms with Gasteiger partial charge in [-0.3, -0.25) is 4.79 Å². The molecule has 1 saturated heterocycles. The number of fused-ring (bicyclic) bond motifs is 1. The predicted octanol–water partition coefficient (Wildman–Crippen LogP) is 4.59. The van der Waals surface area contributed by atoms with Crippen LogP contribution in [0.4, 0.5) is 0 Å². The summed E-state index contributed by atoms with van der Waals surface area (Å²) < 4.78 is 6.18. The van der Waals surface area contributed by atoms with Gasteiger partial charge in [0.05, 0.1) is 12.7 Å². The summed E-state index contributed by atoms with van der Waals surface area (Å²) in [6.45, 7) is 3.23. The van der Waals surface area contributed by atoms with Crippen LogP contribution in [0.25, 0.3) is 0 Å². The molecule has 1 aliphatic heterocycles. The first-order chi connectivity index (χ1) is 12.7. The molecule has 0 spiro atoms. The van der Waals surface area contributed by atoms with E-state index in [2.05, 4.69) is 47.4 Å². The van der Waals surface area contributed by atoms with E-state index in [0.717, 1.165) is 25.9 Å². The van der Waals surface area contributed by atoms with Gasteiger partial charge in [0.1, 0.15) is 0 Å². The van der Waals surface area contributed by atoms with Crippen molar-refractivity contribution >= 4 is 5.91 Å². The van der Waals surface area contributed by atoms with Gasteiger partial charge in [0, 0.05) is 19.5 Å². The fourth-order valence-electron chi connectivity index (χ4n) is 4.69. The Morgan fingerprint density at radius 3 is 2.31 bits per heavy atom. The first-order valence-electron chi connectivity index (χ1n) is 9.68. The highest BCUT2D eigenvalue weighted by Gasteiger charge is 2.42. The Morgan fingerprint density at radius 1 is 0.962 bits per heavy atom. The molecule has 0 unspecified atom stereocenters. The van der Waals surface area contributed by atoms with Gasteiger partial charge in [-0.05, 0) is 42.2 Å². The zero-order valence-corrected chi connectivity index (χ0v) is 15.4. The summed E-state index contributed by atoms with van der Waals surface area (Å²) in [5, 5.41) is 0. The van der Waals surface area contributed by atoms with Crippen molar-refractivity contribution in [3.63, 3.8) is 0 Å². The van der Waals surface area contributed by atoms with Crippen molar-refractivity contribution in [1.82, 2.24) is 4.90 Å². The highest BCUT2D eigenvalue weighted by Crippen LogP contribution is 2.45. The van der Waals surface area contributed by atoms with Crippen LogP contribution in [-0.2, 0) is 16.1 Å². The summed E-state index contributed by atoms with van der Waals surface area (Å²) in [4.78, 5) is 14.4. The standard InChI is InChI=1S/C23H27NO2/c1-17(25)24(15-18-8-4-2-5-9-18)22-12-20-14-23(26-16-21(20)13-22)19-10-6-3-7-11-19/h2-11,20-23H,12-16H2,1H3/t20-,21+,22-,23-/m0/s1. The smallest absolute Gasteiger partial charge is 0.219 e. The number of hydrogen-bond acceptors (Lipinski definition) is 2. The maximum absolute atomic E-state index is 12.3. The molecular formula is C23H27NO2. The molecule has 2 aromatic carbocycles. The van der Waals surface area contributed by atoms with Gasteiger partial charge >= 0.3 is 0 Å². The lowest BCUT2D eigenvalue weighted by atomic mass is 9.86. The Bertz CT molecular complexity index is 730. The molecule has 0 bridgehead atoms. The minimum atomic E-state index is 0.179. The monoisotopic (exact) mass is 349 g/mol. The molecule has 0 N–H and O–H groups in total. The lowest BCUT2D eigenvalue weighted by Gasteiger charge is -2.32. The first kappa shape index (κ1) is 17.3. The van der Waals surface area contributed by atoms with Crippen LogP contribution >= 0.6 is 0 Å². The Labute approximate surface area is 156 Å². The molecule has 0 aromatic heterocycles. The third-order valence-corrected chi connectivity index (χ3v) is 6.06. The van der Waals surface area contributed by atoms with Crippen molar-refractivity contribution in [3.8, 4) is 0 Å². The average Bonchev–Trinajstić information content (AvgIpc) is 3.10. The molecule has 3 nitrogen and oxygen atoms in total. The molecule has 4 atom stereocenters. The second-order valence-corrected chi connectivity index (χ2v) is 7.75. The molecule has 1 amide bonds. The molecule has 2 aromatic rings. The van der Waals surface area contributed by atoms with Gasteiger partial charge in [0.25, 0.3) is 0 Å². The number of benzene rings is 2. The van der Waals surface area contributed by atoms with Crippen LogP contribution in [0.2, 0.25) is 0 Å². The number of amides is 1. The Morgan fingerprint density at radius 2 is 1.62 bits per heavy atom. The van der Waals surface area contributed by atoms with Crippen molar-refractivity contribution in [2.75, 3.05) is 6.61 Å². The van der Waals surface area contributed by atoms with Crippen molar-refractivity contribution < 1.29 is 9.53 Å². The highest BCUT2D eigenvalue weighted by atomic mass is 16.5. The molecule has 1 aliphatic carbocycles. The quantitative estimate of drug-likeness (QED) is 0.808. The predicted molar refractivity (Wildman–Crippen MR) is 102 cm³/mol. The molecular weight excluding hydrogens is 322 g/mol. The Hall–Kier alpha value is -2.13. The van der Waals surface area contributed by atoms with E-state index in [-0.39, 0.29) is 12.0 Å². The Balaban J connectivity index is 1.44. The van der Waals surface area contributed by atoms with Crippen molar-refractivity contribution in [1.29, 1.82) is 0 Å². The van der Waals surface area contributed by atoms with Crippen molar-refractivity contribution in [2.24, 2.45) is 11.8 Å². The molecule has 1 saturated carbocycles. The molecule has 0 radical (unpaired) electrons. The maximum atomic E-state index is 12.3. The minimum absolute atomic E-state index is 0.179. The number of ether oxygens (including phenoxy) is 1. The third kappa shape index (κ3) is 3.68. The largest absolute Gasteiger partial charge is 0.373 e. The highest BCUT2D eigenvalue weighted by molar-refractivity contribution is 5.73. The summed E-state index contributed by atoms with van der Waals surface area (Å²) in [5.74, 6) is 1.41. The van der Waals surface area contributed by atoms with Gasteiger partial charge in [-0.2, -0.15) is 0 Å². The molecule has 136 valence electrons. The van der Waals surface area contributed by atoms with Gasteiger partial charge in [-0.15, -0.1) is 0 Å². The zero-order valence-electron chi connectivity index (χ0n) is 15.4. The van der Waals surface area contributed by atoms with Crippen LogP contribution in [0.5, 0.6) is 0 Å². The molecule has 3 heteroatoms. The Kier molecular flexibility index (Phi) is 5.07. The van der Waals surface area contributed by atoms with E-state index < -0.39 is 0 Å². The van der Waals surface area contributed by atoms with Crippen molar-refractivity contribution in [2.45, 2.75) is 44.9 Å². The van der Waals surface area contributed by atoms with E-state index in [1.54, 1.807) is 6.92 Å². The minimum Gasteiger partial charge on any atom is -0.373 e. The van der Waals surface area contributed by atoms with Crippen LogP contribution in [0.3, 0.4) is 0 Å². The number of carbonyl (C=O) groups excluding carboxylic acids is 1. The number of rotatable bonds is 4. The number of hydrogen-bond donors (Lipinski definition) is 0. The summed E-state index contributed by atoms with van der Waals surface area (Å²) in [6, 6.07) is 21.2. The maximum Gasteiger partial charge on any atom is 0.219 e. The van der Waals surface area contributed by atoms with Gasteiger partial charge in [0.15, 0.2) is 0 Å². The summed E-state index contributed by atoms with van der Waals surface area (Å²) >= 11 is 0. The van der Waals surface area contributed by atoms with Gasteiger partial charge in [-0.1, -0.05) is 60.7 Å². The number of nitrogens with zero attached hydrogens (tertiary/aromatic N) is 1. The van der Waals surface area contributed by atoms with Gasteiger partial charge < -0.3 is 9.64 Å². The van der Waals surface area contributed by atoms with E-state index >= 15 is 0 Å². The summed E-state index contributed by atoms with van der Waals surface area (Å²) in [5.41, 5.74) is 2.48. The number of carbonyl (C=O) groups is 1. The molecule has 2 fully saturated rings. The van der Waals surface area contributed by atoms with Crippen LogP contribution in [0.1, 0.15) is 43.4 Å². The fourth-order valence-corrected chi connectivity index (χ4v) is 4.69. The second kappa shape index (κ2) is 7.63. The van der Waals surface area contributed by atoms with E-state index in [1.165, 1.54) is 11.1 Å². The van der Waals surface area contributed by atoms with E-state index in [9.17, 15) is 4.79 Å². The van der Waals surface area contributed by atoms with Gasteiger partial charge in [-0.25, -0.2) is 0 Å². The van der Waals surface area contributed by atoms with Crippen molar-refractivity contribution in [3.05, 3.63) is 71.8 Å². The van der Waals surface area contributed by atoms with E-state index in [0.29, 0.717) is 24.4 Å². The SMILES string of the molecule is CC(=O)N(Cc1ccccc1)[C@@H]1C[C@@H]2CO[C@H](c3ccccc3)C[C@@H]2C1. The third-order valence-electron chi connectivity index (χ3n) is 6.06. The second-order valence-electron chi connectivity index (χ2n) is 7.75. The molecule has 26 heavy (non-hydrogen) atoms. The summed E-state index contributed by atoms with van der Waals surface area (Å²) in [6.07, 6.45) is 3.45. The molecule has 4 rings (SSSR count). The topological polar surface area (TPSA) is 29.5 Å².